The lowest BCUT2D eigenvalue weighted by atomic mass is 9.92. The number of carbonyl (C=O) groups excluding carboxylic acids is 2. The van der Waals surface area contributed by atoms with Gasteiger partial charge in [-0.05, 0) is 18.2 Å². The first-order valence-electron chi connectivity index (χ1n) is 8.12. The molecule has 2 aromatic carbocycles. The molecule has 0 unspecified atom stereocenters. The number of nitrogens with two attached hydrogens (primary N) is 1. The quantitative estimate of drug-likeness (QED) is 0.566. The van der Waals surface area contributed by atoms with Gasteiger partial charge < -0.3 is 14.8 Å². The Kier molecular flexibility index (Phi) is 4.88. The Bertz CT molecular complexity index is 874. The molecule has 3 N–H and O–H groups in total. The Hall–Kier alpha value is -2.97. The smallest absolute Gasteiger partial charge is 0.305 e. The van der Waals surface area contributed by atoms with Gasteiger partial charge in [-0.1, -0.05) is 12.1 Å². The van der Waals surface area contributed by atoms with Crippen molar-refractivity contribution in [3.05, 3.63) is 41.5 Å². The number of likely N-dealkylation sites (N-methyl/N-ethyl adjacent to an activating group) is 1. The van der Waals surface area contributed by atoms with E-state index in [-0.39, 0.29) is 13.0 Å². The minimum absolute atomic E-state index is 0.154. The summed E-state index contributed by atoms with van der Waals surface area (Å²) in [6.45, 7) is 0.723. The zero-order valence-corrected chi connectivity index (χ0v) is 14.3. The van der Waals surface area contributed by atoms with Crippen molar-refractivity contribution >= 4 is 34.2 Å². The molecule has 8 heteroatoms. The molecule has 0 spiro atoms. The summed E-state index contributed by atoms with van der Waals surface area (Å²) >= 11 is 0. The van der Waals surface area contributed by atoms with Gasteiger partial charge in [0.1, 0.15) is 0 Å². The van der Waals surface area contributed by atoms with Crippen LogP contribution >= 0.6 is 0 Å². The number of carboxylic acid groups (broad SMARTS) is 1. The lowest BCUT2D eigenvalue weighted by Gasteiger charge is -2.29. The summed E-state index contributed by atoms with van der Waals surface area (Å²) in [5.41, 5.74) is 1.64. The van der Waals surface area contributed by atoms with Gasteiger partial charge >= 0.3 is 5.97 Å². The first kappa shape index (κ1) is 17.8. The third kappa shape index (κ3) is 3.00. The van der Waals surface area contributed by atoms with Crippen LogP contribution in [0.4, 0.5) is 5.69 Å². The maximum atomic E-state index is 12.7. The normalized spacial score (nSPS) is 13.4. The number of rotatable bonds is 7. The van der Waals surface area contributed by atoms with Crippen molar-refractivity contribution in [2.24, 2.45) is 5.90 Å². The van der Waals surface area contributed by atoms with Gasteiger partial charge in [-0.2, -0.15) is 0 Å². The Morgan fingerprint density at radius 3 is 2.54 bits per heavy atom. The third-order valence-electron chi connectivity index (χ3n) is 4.47. The summed E-state index contributed by atoms with van der Waals surface area (Å²) in [7, 11) is 1.87. The largest absolute Gasteiger partial charge is 0.481 e. The number of anilines is 1. The first-order chi connectivity index (χ1) is 12.5. The average Bonchev–Trinajstić information content (AvgIpc) is 2.63. The summed E-state index contributed by atoms with van der Waals surface area (Å²) in [4.78, 5) is 43.9. The molecule has 2 aromatic rings. The Morgan fingerprint density at radius 2 is 1.88 bits per heavy atom. The predicted octanol–water partition coefficient (Wildman–Crippen LogP) is 1.24. The van der Waals surface area contributed by atoms with Crippen LogP contribution in [0.5, 0.6) is 0 Å². The monoisotopic (exact) mass is 357 g/mol. The molecule has 0 aliphatic carbocycles. The van der Waals surface area contributed by atoms with E-state index in [0.717, 1.165) is 16.0 Å². The average molecular weight is 357 g/mol. The number of hydrogen-bond donors (Lipinski definition) is 2. The van der Waals surface area contributed by atoms with E-state index in [1.807, 2.05) is 18.0 Å². The Morgan fingerprint density at radius 1 is 1.19 bits per heavy atom. The molecular weight excluding hydrogens is 338 g/mol. The maximum Gasteiger partial charge on any atom is 0.305 e. The van der Waals surface area contributed by atoms with Crippen LogP contribution in [-0.2, 0) is 9.63 Å². The highest BCUT2D eigenvalue weighted by Crippen LogP contribution is 2.35. The molecule has 1 aliphatic heterocycles. The van der Waals surface area contributed by atoms with E-state index in [2.05, 4.69) is 4.84 Å². The number of nitrogens with zero attached hydrogens (tertiary/aromatic N) is 2. The first-order valence-corrected chi connectivity index (χ1v) is 8.12. The molecule has 1 heterocycles. The number of aliphatic carboxylic acids is 1. The van der Waals surface area contributed by atoms with Gasteiger partial charge in [-0.3, -0.25) is 19.3 Å². The zero-order valence-electron chi connectivity index (χ0n) is 14.3. The summed E-state index contributed by atoms with van der Waals surface area (Å²) in [6, 6.07) is 8.73. The molecule has 1 aliphatic rings. The number of hydrogen-bond acceptors (Lipinski definition) is 6. The number of amides is 2. The van der Waals surface area contributed by atoms with Crippen LogP contribution in [0, 0.1) is 0 Å². The topological polar surface area (TPSA) is 113 Å². The molecule has 0 fully saturated rings. The molecule has 26 heavy (non-hydrogen) atoms. The lowest BCUT2D eigenvalue weighted by molar-refractivity contribution is -0.137. The molecular formula is C18H19N3O5. The minimum atomic E-state index is -1.06. The van der Waals surface area contributed by atoms with Crippen molar-refractivity contribution in [1.29, 1.82) is 0 Å². The molecule has 3 rings (SSSR count). The summed E-state index contributed by atoms with van der Waals surface area (Å²) in [5.74, 6) is 3.08. The summed E-state index contributed by atoms with van der Waals surface area (Å²) in [6.07, 6.45) is -0.289. The van der Waals surface area contributed by atoms with E-state index < -0.39 is 17.8 Å². The van der Waals surface area contributed by atoms with Crippen molar-refractivity contribution in [2.45, 2.75) is 6.42 Å². The van der Waals surface area contributed by atoms with Crippen LogP contribution in [0.1, 0.15) is 27.1 Å². The molecule has 0 saturated carbocycles. The fourth-order valence-electron chi connectivity index (χ4n) is 3.18. The number of benzene rings is 2. The maximum absolute atomic E-state index is 12.7. The van der Waals surface area contributed by atoms with Gasteiger partial charge in [0.15, 0.2) is 0 Å². The molecule has 8 nitrogen and oxygen atoms in total. The van der Waals surface area contributed by atoms with Gasteiger partial charge in [0.25, 0.3) is 11.8 Å². The zero-order chi connectivity index (χ0) is 18.8. The fourth-order valence-corrected chi connectivity index (χ4v) is 3.18. The molecule has 136 valence electrons. The van der Waals surface area contributed by atoms with Crippen molar-refractivity contribution in [1.82, 2.24) is 4.90 Å². The van der Waals surface area contributed by atoms with Crippen LogP contribution in [0.15, 0.2) is 30.3 Å². The van der Waals surface area contributed by atoms with Crippen LogP contribution < -0.4 is 10.8 Å². The number of imide groups is 1. The Balaban J connectivity index is 2.08. The third-order valence-corrected chi connectivity index (χ3v) is 4.47. The van der Waals surface area contributed by atoms with Gasteiger partial charge in [0.2, 0.25) is 0 Å². The van der Waals surface area contributed by atoms with Crippen LogP contribution in [0.3, 0.4) is 0 Å². The van der Waals surface area contributed by atoms with Gasteiger partial charge in [-0.25, -0.2) is 5.90 Å². The van der Waals surface area contributed by atoms with E-state index in [1.165, 1.54) is 0 Å². The van der Waals surface area contributed by atoms with Crippen molar-refractivity contribution < 1.29 is 24.3 Å². The van der Waals surface area contributed by atoms with Crippen LogP contribution in [0.2, 0.25) is 0 Å². The van der Waals surface area contributed by atoms with Gasteiger partial charge in [0, 0.05) is 47.7 Å². The highest BCUT2D eigenvalue weighted by atomic mass is 16.6. The second-order valence-electron chi connectivity index (χ2n) is 6.06. The number of carboxylic acids is 1. The molecule has 0 saturated heterocycles. The van der Waals surface area contributed by atoms with E-state index in [9.17, 15) is 14.4 Å². The number of carbonyl (C=O) groups is 3. The molecule has 0 radical (unpaired) electrons. The standard InChI is InChI=1S/C18H19N3O5/c1-20(9-10-26-19)14-6-5-13-16-11(14)3-2-4-12(16)17(24)21(18(13)25)8-7-15(22)23/h2-6H,7-10,19H2,1H3,(H,22,23). The predicted molar refractivity (Wildman–Crippen MR) is 95.0 cm³/mol. The fraction of sp³-hybridized carbons (Fsp3) is 0.278. The second kappa shape index (κ2) is 7.11. The van der Waals surface area contributed by atoms with Crippen molar-refractivity contribution in [3.8, 4) is 0 Å². The van der Waals surface area contributed by atoms with E-state index in [1.54, 1.807) is 24.3 Å². The van der Waals surface area contributed by atoms with E-state index >= 15 is 0 Å². The van der Waals surface area contributed by atoms with Crippen LogP contribution in [0.25, 0.3) is 10.8 Å². The molecule has 0 bridgehead atoms. The molecule has 0 aromatic heterocycles. The Labute approximate surface area is 149 Å². The van der Waals surface area contributed by atoms with Crippen molar-refractivity contribution in [3.63, 3.8) is 0 Å². The summed E-state index contributed by atoms with van der Waals surface area (Å²) < 4.78 is 0. The minimum Gasteiger partial charge on any atom is -0.481 e. The molecule has 0 atom stereocenters. The molecule has 2 amide bonds. The van der Waals surface area contributed by atoms with Gasteiger partial charge in [0.05, 0.1) is 13.0 Å². The lowest BCUT2D eigenvalue weighted by Crippen LogP contribution is -2.41. The SMILES string of the molecule is CN(CCON)c1ccc2c3c(cccc13)C(=O)N(CCC(=O)O)C2=O. The van der Waals surface area contributed by atoms with E-state index in [0.29, 0.717) is 29.7 Å². The highest BCUT2D eigenvalue weighted by Gasteiger charge is 2.33. The van der Waals surface area contributed by atoms with Crippen LogP contribution in [-0.4, -0.2) is 54.5 Å². The second-order valence-corrected chi connectivity index (χ2v) is 6.06. The summed E-state index contributed by atoms with van der Waals surface area (Å²) in [5, 5.41) is 10.2. The van der Waals surface area contributed by atoms with E-state index in [4.69, 9.17) is 11.0 Å². The van der Waals surface area contributed by atoms with Gasteiger partial charge in [-0.15, -0.1) is 0 Å². The van der Waals surface area contributed by atoms with Crippen molar-refractivity contribution in [2.75, 3.05) is 31.6 Å². The highest BCUT2D eigenvalue weighted by molar-refractivity contribution is 6.26.